The van der Waals surface area contributed by atoms with Crippen LogP contribution in [-0.2, 0) is 36.1 Å². The summed E-state index contributed by atoms with van der Waals surface area (Å²) < 4.78 is 36.4. The molecular weight excluding hydrogens is 445 g/mol. The van der Waals surface area contributed by atoms with Gasteiger partial charge in [-0.25, -0.2) is 0 Å². The molecule has 0 aliphatic heterocycles. The molecule has 0 saturated carbocycles. The van der Waals surface area contributed by atoms with Gasteiger partial charge in [-0.1, -0.05) is 0 Å². The topological polar surface area (TPSA) is 81.7 Å². The van der Waals surface area contributed by atoms with Crippen LogP contribution < -0.4 is 0 Å². The van der Waals surface area contributed by atoms with E-state index >= 15 is 0 Å². The first-order chi connectivity index (χ1) is 13.0. The molecule has 0 radical (unpaired) electrons. The molecule has 12 heteroatoms. The van der Waals surface area contributed by atoms with Crippen LogP contribution in [0.3, 0.4) is 0 Å². The molecule has 0 fully saturated rings. The summed E-state index contributed by atoms with van der Waals surface area (Å²) in [6.07, 6.45) is 0.443. The zero-order valence-electron chi connectivity index (χ0n) is 21.2. The molecule has 0 aromatic heterocycles. The number of esters is 1. The number of rotatable bonds is 10. The van der Waals surface area contributed by atoms with Crippen LogP contribution in [0.15, 0.2) is 0 Å². The van der Waals surface area contributed by atoms with Crippen molar-refractivity contribution in [3.8, 4) is 0 Å². The summed E-state index contributed by atoms with van der Waals surface area (Å²) >= 11 is 0. The predicted molar refractivity (Wildman–Crippen MR) is 128 cm³/mol. The molecule has 178 valence electrons. The zero-order chi connectivity index (χ0) is 23.9. The summed E-state index contributed by atoms with van der Waals surface area (Å²) in [5.74, 6) is -0.238. The lowest BCUT2D eigenvalue weighted by Gasteiger charge is -2.30. The smallest absolute Gasteiger partial charge is 0.467 e. The normalized spacial score (nSPS) is 12.3. The van der Waals surface area contributed by atoms with Crippen LogP contribution in [0.4, 0.5) is 0 Å². The highest BCUT2D eigenvalue weighted by Crippen LogP contribution is 2.21. The van der Waals surface area contributed by atoms with Crippen LogP contribution in [0.1, 0.15) is 6.92 Å². The average molecular weight is 491 g/mol. The standard InChI is InChI=1S/C7H20O4Si2.C6H14O3Si.C4H12OSi/c1-8-12(5,6)7-13(9-2,10-3)11-4;1-6(7)9-5-10(3,4)8-2;1-5-6(2,3)4/h7H2,1-6H3;5H2,1-4H3;1-4H3. The molecule has 0 bridgehead atoms. The number of carbonyl (C=O) groups excluding carboxylic acids is 1. The number of ether oxygens (including phenoxy) is 1. The van der Waals surface area contributed by atoms with Gasteiger partial charge in [0.15, 0.2) is 16.6 Å². The predicted octanol–water partition coefficient (Wildman–Crippen LogP) is 3.66. The van der Waals surface area contributed by atoms with Gasteiger partial charge in [0.25, 0.3) is 0 Å². The molecule has 0 atom stereocenters. The van der Waals surface area contributed by atoms with Crippen molar-refractivity contribution < 1.29 is 36.1 Å². The second kappa shape index (κ2) is 15.8. The van der Waals surface area contributed by atoms with E-state index in [1.807, 2.05) is 13.1 Å². The van der Waals surface area contributed by atoms with Crippen molar-refractivity contribution in [1.29, 1.82) is 0 Å². The van der Waals surface area contributed by atoms with E-state index in [2.05, 4.69) is 32.7 Å². The molecular formula is C17H46O8Si4. The first-order valence-corrected chi connectivity index (χ1v) is 21.0. The van der Waals surface area contributed by atoms with E-state index in [0.717, 1.165) is 5.67 Å². The Morgan fingerprint density at radius 1 is 0.621 bits per heavy atom. The van der Waals surface area contributed by atoms with E-state index in [0.29, 0.717) is 6.23 Å². The van der Waals surface area contributed by atoms with Crippen molar-refractivity contribution in [3.05, 3.63) is 0 Å². The lowest BCUT2D eigenvalue weighted by Crippen LogP contribution is -2.50. The Morgan fingerprint density at radius 2 is 0.966 bits per heavy atom. The molecule has 0 aliphatic carbocycles. The van der Waals surface area contributed by atoms with Crippen molar-refractivity contribution >= 4 is 39.7 Å². The third kappa shape index (κ3) is 21.1. The Labute approximate surface area is 183 Å². The highest BCUT2D eigenvalue weighted by atomic mass is 28.4. The van der Waals surface area contributed by atoms with Gasteiger partial charge in [0.05, 0.1) is 0 Å². The minimum absolute atomic E-state index is 0.238. The molecule has 0 N–H and O–H groups in total. The van der Waals surface area contributed by atoms with Crippen LogP contribution in [0, 0.1) is 0 Å². The number of carbonyl (C=O) groups is 1. The van der Waals surface area contributed by atoms with Crippen molar-refractivity contribution in [2.45, 2.75) is 58.4 Å². The van der Waals surface area contributed by atoms with Gasteiger partial charge < -0.3 is 31.3 Å². The summed E-state index contributed by atoms with van der Waals surface area (Å²) in [4.78, 5) is 10.4. The Hall–Kier alpha value is 0.0975. The van der Waals surface area contributed by atoms with E-state index in [4.69, 9.17) is 31.3 Å². The molecule has 0 saturated heterocycles. The quantitative estimate of drug-likeness (QED) is 0.339. The molecule has 0 aromatic rings. The fraction of sp³-hybridized carbons (Fsp3) is 0.941. The number of hydrogen-bond acceptors (Lipinski definition) is 8. The fourth-order valence-corrected chi connectivity index (χ4v) is 9.04. The largest absolute Gasteiger partial charge is 0.499 e. The number of hydrogen-bond donors (Lipinski definition) is 0. The zero-order valence-corrected chi connectivity index (χ0v) is 25.2. The van der Waals surface area contributed by atoms with E-state index in [1.54, 1.807) is 42.7 Å². The van der Waals surface area contributed by atoms with Gasteiger partial charge in [0.1, 0.15) is 6.23 Å². The lowest BCUT2D eigenvalue weighted by molar-refractivity contribution is -0.139. The lowest BCUT2D eigenvalue weighted by atomic mass is 10.8. The van der Waals surface area contributed by atoms with Crippen molar-refractivity contribution in [1.82, 2.24) is 0 Å². The second-order valence-corrected chi connectivity index (χ2v) is 25.3. The van der Waals surface area contributed by atoms with E-state index < -0.39 is 33.8 Å². The molecule has 29 heavy (non-hydrogen) atoms. The van der Waals surface area contributed by atoms with Gasteiger partial charge in [-0.15, -0.1) is 0 Å². The van der Waals surface area contributed by atoms with Crippen LogP contribution in [0.2, 0.25) is 51.5 Å². The molecule has 0 aliphatic rings. The summed E-state index contributed by atoms with van der Waals surface area (Å²) in [7, 11) is 3.08. The minimum atomic E-state index is -2.44. The monoisotopic (exact) mass is 490 g/mol. The van der Waals surface area contributed by atoms with Gasteiger partial charge in [-0.3, -0.25) is 4.79 Å². The fourth-order valence-electron chi connectivity index (χ4n) is 1.39. The molecule has 0 unspecified atom stereocenters. The van der Waals surface area contributed by atoms with E-state index in [9.17, 15) is 4.79 Å². The van der Waals surface area contributed by atoms with Gasteiger partial charge in [-0.05, 0) is 45.8 Å². The SMILES string of the molecule is CO[Si](C)(C)C.CO[Si](C)(C)COC(C)=O.CO[Si](C)(C)C[Si](OC)(OC)OC. The Bertz CT molecular complexity index is 416. The van der Waals surface area contributed by atoms with Gasteiger partial charge in [0, 0.05) is 55.2 Å². The maximum absolute atomic E-state index is 10.4. The molecule has 0 heterocycles. The van der Waals surface area contributed by atoms with Crippen LogP contribution in [-0.4, -0.2) is 88.6 Å². The maximum Gasteiger partial charge on any atom is 0.499 e. The summed E-state index contributed by atoms with van der Waals surface area (Å²) in [5.41, 5.74) is 0.778. The summed E-state index contributed by atoms with van der Waals surface area (Å²) in [5, 5.41) is 0. The highest BCUT2D eigenvalue weighted by Gasteiger charge is 2.45. The summed E-state index contributed by atoms with van der Waals surface area (Å²) in [6, 6.07) is 0. The molecule has 0 rings (SSSR count). The highest BCUT2D eigenvalue weighted by molar-refractivity contribution is 6.85. The van der Waals surface area contributed by atoms with Gasteiger partial charge >= 0.3 is 14.8 Å². The first-order valence-electron chi connectivity index (χ1n) is 9.43. The Kier molecular flexibility index (Phi) is 18.4. The van der Waals surface area contributed by atoms with E-state index in [-0.39, 0.29) is 5.97 Å². The van der Waals surface area contributed by atoms with Crippen LogP contribution in [0.5, 0.6) is 0 Å². The van der Waals surface area contributed by atoms with Crippen molar-refractivity contribution in [3.63, 3.8) is 0 Å². The second-order valence-electron chi connectivity index (χ2n) is 8.50. The maximum atomic E-state index is 10.4. The Balaban J connectivity index is -0.000000375. The molecule has 0 aromatic carbocycles. The third-order valence-electron chi connectivity index (χ3n) is 3.92. The van der Waals surface area contributed by atoms with E-state index in [1.165, 1.54) is 6.92 Å². The summed E-state index contributed by atoms with van der Waals surface area (Å²) in [6.45, 7) is 16.1. The molecule has 0 amide bonds. The van der Waals surface area contributed by atoms with Gasteiger partial charge in [-0.2, -0.15) is 0 Å². The average Bonchev–Trinajstić information content (AvgIpc) is 2.65. The minimum Gasteiger partial charge on any atom is -0.467 e. The molecule has 0 spiro atoms. The van der Waals surface area contributed by atoms with Crippen molar-refractivity contribution in [2.75, 3.05) is 48.9 Å². The van der Waals surface area contributed by atoms with Gasteiger partial charge in [0.2, 0.25) is 8.32 Å². The first kappa shape index (κ1) is 33.7. The van der Waals surface area contributed by atoms with Crippen LogP contribution in [0.25, 0.3) is 0 Å². The van der Waals surface area contributed by atoms with Crippen molar-refractivity contribution in [2.24, 2.45) is 0 Å². The molecule has 8 nitrogen and oxygen atoms in total. The Morgan fingerprint density at radius 3 is 1.17 bits per heavy atom. The van der Waals surface area contributed by atoms with Crippen LogP contribution >= 0.6 is 0 Å². The third-order valence-corrected chi connectivity index (χ3v) is 15.2.